The largest absolute Gasteiger partial charge is 0.249 e. The van der Waals surface area contributed by atoms with Gasteiger partial charge in [-0.05, 0) is 36.0 Å². The highest BCUT2D eigenvalue weighted by Gasteiger charge is 2.38. The number of hydrogen-bond donors (Lipinski definition) is 0. The van der Waals surface area contributed by atoms with E-state index in [0.29, 0.717) is 0 Å². The molecule has 0 bridgehead atoms. The van der Waals surface area contributed by atoms with Crippen LogP contribution in [-0.4, -0.2) is 9.97 Å². The number of rotatable bonds is 3. The van der Waals surface area contributed by atoms with Crippen molar-refractivity contribution >= 4 is 44.7 Å². The Morgan fingerprint density at radius 3 is 2.38 bits per heavy atom. The maximum atomic E-state index is 4.90. The van der Waals surface area contributed by atoms with Crippen molar-refractivity contribution in [3.05, 3.63) is 75.8 Å². The third-order valence-electron chi connectivity index (χ3n) is 3.70. The van der Waals surface area contributed by atoms with Crippen LogP contribution in [0.5, 0.6) is 0 Å². The van der Waals surface area contributed by atoms with Crippen LogP contribution in [0, 0.1) is 0 Å². The predicted molar refractivity (Wildman–Crippen MR) is 98.0 cm³/mol. The van der Waals surface area contributed by atoms with Gasteiger partial charge in [0.15, 0.2) is 4.34 Å². The third-order valence-corrected chi connectivity index (χ3v) is 6.56. The monoisotopic (exact) mass is 366 g/mol. The van der Waals surface area contributed by atoms with Crippen molar-refractivity contribution in [2.24, 2.45) is 9.98 Å². The van der Waals surface area contributed by atoms with Gasteiger partial charge in [0.2, 0.25) is 4.99 Å². The minimum absolute atomic E-state index is 0.780. The number of fused-ring (bicyclic) bond motifs is 2. The summed E-state index contributed by atoms with van der Waals surface area (Å²) in [7, 11) is 0. The first-order valence-corrected chi connectivity index (χ1v) is 9.88. The fourth-order valence-electron chi connectivity index (χ4n) is 2.61. The first-order valence-electron chi connectivity index (χ1n) is 7.30. The Morgan fingerprint density at radius 2 is 1.67 bits per heavy atom. The summed E-state index contributed by atoms with van der Waals surface area (Å²) < 4.78 is 2.12. The predicted octanol–water partition coefficient (Wildman–Crippen LogP) is 3.61. The number of hydrogen-bond acceptors (Lipinski definition) is 7. The summed E-state index contributed by atoms with van der Waals surface area (Å²) in [5.74, 6) is 0. The smallest absolute Gasteiger partial charge is 0.244 e. The number of para-hydroxylation sites is 3. The van der Waals surface area contributed by atoms with Crippen molar-refractivity contribution in [1.82, 2.24) is 9.97 Å². The van der Waals surface area contributed by atoms with Crippen molar-refractivity contribution in [3.63, 3.8) is 0 Å². The van der Waals surface area contributed by atoms with Crippen molar-refractivity contribution in [2.75, 3.05) is 0 Å². The van der Waals surface area contributed by atoms with Crippen LogP contribution in [0.3, 0.4) is 0 Å². The molecule has 3 heterocycles. The fourth-order valence-corrected chi connectivity index (χ4v) is 5.64. The van der Waals surface area contributed by atoms with Gasteiger partial charge >= 0.3 is 0 Å². The quantitative estimate of drug-likeness (QED) is 0.557. The number of thioether (sulfide) groups is 1. The van der Waals surface area contributed by atoms with Crippen molar-refractivity contribution in [1.29, 1.82) is 0 Å². The van der Waals surface area contributed by atoms with Crippen LogP contribution in [0.4, 0.5) is 0 Å². The number of benzene rings is 2. The van der Waals surface area contributed by atoms with Gasteiger partial charge in [-0.1, -0.05) is 24.3 Å². The lowest BCUT2D eigenvalue weighted by Crippen LogP contribution is -2.19. The Bertz CT molecular complexity index is 1080. The summed E-state index contributed by atoms with van der Waals surface area (Å²) in [6, 6.07) is 16.1. The lowest BCUT2D eigenvalue weighted by molar-refractivity contribution is 0.674. The van der Waals surface area contributed by atoms with Crippen LogP contribution in [-0.2, 0) is 4.99 Å². The standard InChI is InChI=1S/C17H10N4S3/c1-2-6-12-11(5-1)20-17(21-12,15-9-22-10-18-15)24-16-19-13-7-3-4-8-14(13)23-16/h1-10H. The van der Waals surface area contributed by atoms with Gasteiger partial charge in [0.25, 0.3) is 0 Å². The molecule has 7 heteroatoms. The number of aromatic nitrogens is 2. The van der Waals surface area contributed by atoms with E-state index >= 15 is 0 Å². The van der Waals surface area contributed by atoms with Crippen LogP contribution >= 0.6 is 34.4 Å². The van der Waals surface area contributed by atoms with E-state index in [-0.39, 0.29) is 0 Å². The molecule has 0 amide bonds. The molecule has 0 spiro atoms. The van der Waals surface area contributed by atoms with Crippen molar-refractivity contribution < 1.29 is 0 Å². The molecule has 0 saturated heterocycles. The summed E-state index contributed by atoms with van der Waals surface area (Å²) in [6.45, 7) is 0. The molecular formula is C17H10N4S3. The van der Waals surface area contributed by atoms with E-state index in [9.17, 15) is 0 Å². The van der Waals surface area contributed by atoms with Gasteiger partial charge in [0.05, 0.1) is 26.4 Å². The Hall–Kier alpha value is -2.09. The average Bonchev–Trinajstić information content (AvgIpc) is 3.32. The molecule has 4 aromatic rings. The van der Waals surface area contributed by atoms with E-state index < -0.39 is 4.99 Å². The van der Waals surface area contributed by atoms with Crippen LogP contribution < -0.4 is 10.7 Å². The van der Waals surface area contributed by atoms with E-state index in [0.717, 1.165) is 26.3 Å². The number of thiazole rings is 2. The highest BCUT2D eigenvalue weighted by molar-refractivity contribution is 8.02. The first-order chi connectivity index (χ1) is 11.8. The second-order valence-corrected chi connectivity index (χ2v) is 8.41. The summed E-state index contributed by atoms with van der Waals surface area (Å²) in [4.78, 5) is 18.2. The van der Waals surface area contributed by atoms with Crippen LogP contribution in [0.25, 0.3) is 10.2 Å². The molecule has 0 N–H and O–H groups in total. The third kappa shape index (κ3) is 2.28. The fraction of sp³-hybridized carbons (Fsp3) is 0.0588. The zero-order valence-corrected chi connectivity index (χ0v) is 14.7. The molecule has 0 fully saturated rings. The molecule has 2 aromatic heterocycles. The van der Waals surface area contributed by atoms with Gasteiger partial charge in [-0.3, -0.25) is 0 Å². The van der Waals surface area contributed by atoms with E-state index in [1.807, 2.05) is 53.4 Å². The van der Waals surface area contributed by atoms with Crippen LogP contribution in [0.15, 0.2) is 73.7 Å². The molecule has 0 unspecified atom stereocenters. The normalized spacial score (nSPS) is 15.0. The zero-order valence-electron chi connectivity index (χ0n) is 12.3. The molecule has 0 radical (unpaired) electrons. The molecule has 4 nitrogen and oxygen atoms in total. The molecule has 1 aliphatic rings. The molecule has 0 atom stereocenters. The molecule has 0 saturated carbocycles. The minimum Gasteiger partial charge on any atom is -0.244 e. The number of nitrogens with zero attached hydrogens (tertiary/aromatic N) is 4. The average molecular weight is 366 g/mol. The molecular weight excluding hydrogens is 356 g/mol. The maximum absolute atomic E-state index is 4.90. The molecule has 0 aliphatic carbocycles. The van der Waals surface area contributed by atoms with E-state index in [4.69, 9.17) is 15.0 Å². The SMILES string of the molecule is c1ccc2c(c1)=NC(Sc1nc3ccccc3s1)(c1cscn1)N=2. The second kappa shape index (κ2) is 5.47. The highest BCUT2D eigenvalue weighted by Crippen LogP contribution is 2.46. The topological polar surface area (TPSA) is 50.5 Å². The van der Waals surface area contributed by atoms with Crippen molar-refractivity contribution in [2.45, 2.75) is 9.33 Å². The van der Waals surface area contributed by atoms with Crippen molar-refractivity contribution in [3.8, 4) is 0 Å². The molecule has 1 aliphatic heterocycles. The summed E-state index contributed by atoms with van der Waals surface area (Å²) in [5.41, 5.74) is 3.69. The van der Waals surface area contributed by atoms with Gasteiger partial charge in [-0.15, -0.1) is 22.7 Å². The van der Waals surface area contributed by atoms with Crippen LogP contribution in [0.1, 0.15) is 5.69 Å². The van der Waals surface area contributed by atoms with Gasteiger partial charge in [0, 0.05) is 5.38 Å². The lowest BCUT2D eigenvalue weighted by atomic mass is 10.3. The first kappa shape index (κ1) is 14.3. The summed E-state index contributed by atoms with van der Waals surface area (Å²) >= 11 is 4.78. The Labute approximate surface area is 149 Å². The van der Waals surface area contributed by atoms with E-state index in [1.54, 1.807) is 34.4 Å². The zero-order chi connectivity index (χ0) is 16.0. The van der Waals surface area contributed by atoms with Gasteiger partial charge in [-0.25, -0.2) is 20.0 Å². The molecule has 24 heavy (non-hydrogen) atoms. The lowest BCUT2D eigenvalue weighted by Gasteiger charge is -2.18. The van der Waals surface area contributed by atoms with Gasteiger partial charge < -0.3 is 0 Å². The molecule has 5 rings (SSSR count). The molecule has 2 aromatic carbocycles. The Balaban J connectivity index is 1.67. The summed E-state index contributed by atoms with van der Waals surface area (Å²) in [6.07, 6.45) is 0. The Kier molecular flexibility index (Phi) is 3.26. The highest BCUT2D eigenvalue weighted by atomic mass is 32.2. The van der Waals surface area contributed by atoms with Crippen LogP contribution in [0.2, 0.25) is 0 Å². The van der Waals surface area contributed by atoms with Gasteiger partial charge in [-0.2, -0.15) is 0 Å². The van der Waals surface area contributed by atoms with E-state index in [1.165, 1.54) is 4.70 Å². The molecule has 116 valence electrons. The Morgan fingerprint density at radius 1 is 0.917 bits per heavy atom. The second-order valence-electron chi connectivity index (χ2n) is 5.24. The minimum atomic E-state index is -0.780. The maximum Gasteiger partial charge on any atom is 0.249 e. The summed E-state index contributed by atoms with van der Waals surface area (Å²) in [5, 5.41) is 3.82. The van der Waals surface area contributed by atoms with Gasteiger partial charge in [0.1, 0.15) is 5.69 Å². The van der Waals surface area contributed by atoms with E-state index in [2.05, 4.69) is 11.1 Å².